The number of hydrogen-bond donors (Lipinski definition) is 9. The van der Waals surface area contributed by atoms with Crippen LogP contribution in [0.5, 0.6) is 5.75 Å². The first kappa shape index (κ1) is 30.4. The van der Waals surface area contributed by atoms with Gasteiger partial charge in [0.25, 0.3) is 0 Å². The smallest absolute Gasteiger partial charge is 0.315 e. The van der Waals surface area contributed by atoms with Crippen molar-refractivity contribution in [3.05, 3.63) is 64.2 Å². The number of aromatic hydroxyl groups is 1. The molecule has 12 heteroatoms. The van der Waals surface area contributed by atoms with Gasteiger partial charge >= 0.3 is 6.03 Å². The molecule has 4 atom stereocenters. The number of nitrogens with one attached hydrogen (secondary N) is 2. The Bertz CT molecular complexity index is 1130. The molecule has 0 aliphatic carbocycles. The fraction of sp³-hybridized carbons (Fsp3) is 0.481. The van der Waals surface area contributed by atoms with Gasteiger partial charge in [-0.05, 0) is 54.2 Å². The molecule has 1 heterocycles. The summed E-state index contributed by atoms with van der Waals surface area (Å²) in [5, 5.41) is 72.9. The van der Waals surface area contributed by atoms with Gasteiger partial charge in [0.2, 0.25) is 0 Å². The number of ether oxygens (including phenoxy) is 1. The maximum atomic E-state index is 12.6. The number of carbonyl (C=O) groups excluding carboxylic acids is 2. The van der Waals surface area contributed by atoms with E-state index in [2.05, 4.69) is 10.6 Å². The van der Waals surface area contributed by atoms with E-state index in [1.54, 1.807) is 6.07 Å². The van der Waals surface area contributed by atoms with Crippen LogP contribution in [-0.4, -0.2) is 104 Å². The molecule has 0 spiro atoms. The lowest BCUT2D eigenvalue weighted by Crippen LogP contribution is -2.59. The van der Waals surface area contributed by atoms with Crippen molar-refractivity contribution in [1.82, 2.24) is 10.6 Å². The van der Waals surface area contributed by atoms with Gasteiger partial charge in [-0.1, -0.05) is 24.3 Å². The molecule has 12 nitrogen and oxygen atoms in total. The van der Waals surface area contributed by atoms with Gasteiger partial charge in [-0.25, -0.2) is 4.79 Å². The number of phenols is 1. The van der Waals surface area contributed by atoms with Crippen molar-refractivity contribution < 1.29 is 50.1 Å². The SMILES string of the molecule is Cc1cc(O)c([C@@H]2O[C@H](CO)[C@@H](O)[C@H](O)C2=O)cc1Cc1ccc(CCNC(=O)NC(CO)(CO)CO)cc1. The van der Waals surface area contributed by atoms with E-state index in [9.17, 15) is 45.3 Å². The van der Waals surface area contributed by atoms with Crippen molar-refractivity contribution in [1.29, 1.82) is 0 Å². The number of aliphatic hydroxyl groups excluding tert-OH is 6. The van der Waals surface area contributed by atoms with Crippen molar-refractivity contribution in [2.75, 3.05) is 33.0 Å². The molecular formula is C27H36N2O10. The van der Waals surface area contributed by atoms with E-state index in [0.717, 1.165) is 22.3 Å². The van der Waals surface area contributed by atoms with E-state index in [0.29, 0.717) is 12.8 Å². The van der Waals surface area contributed by atoms with Crippen LogP contribution < -0.4 is 10.6 Å². The monoisotopic (exact) mass is 548 g/mol. The molecule has 0 saturated carbocycles. The van der Waals surface area contributed by atoms with Crippen LogP contribution in [0, 0.1) is 6.92 Å². The van der Waals surface area contributed by atoms with Crippen LogP contribution >= 0.6 is 0 Å². The summed E-state index contributed by atoms with van der Waals surface area (Å²) in [6.45, 7) is -0.376. The van der Waals surface area contributed by atoms with Crippen LogP contribution in [0.3, 0.4) is 0 Å². The molecule has 2 aromatic rings. The summed E-state index contributed by atoms with van der Waals surface area (Å²) in [5.74, 6) is -1.00. The summed E-state index contributed by atoms with van der Waals surface area (Å²) >= 11 is 0. The number of amides is 2. The molecule has 39 heavy (non-hydrogen) atoms. The topological polar surface area (TPSA) is 209 Å². The third kappa shape index (κ3) is 7.11. The zero-order valence-corrected chi connectivity index (χ0v) is 21.6. The Morgan fingerprint density at radius 2 is 1.62 bits per heavy atom. The molecular weight excluding hydrogens is 512 g/mol. The molecule has 1 fully saturated rings. The predicted molar refractivity (Wildman–Crippen MR) is 138 cm³/mol. The Morgan fingerprint density at radius 3 is 2.21 bits per heavy atom. The maximum Gasteiger partial charge on any atom is 0.315 e. The summed E-state index contributed by atoms with van der Waals surface area (Å²) < 4.78 is 5.52. The molecule has 0 aromatic heterocycles. The molecule has 2 aromatic carbocycles. The highest BCUT2D eigenvalue weighted by atomic mass is 16.5. The van der Waals surface area contributed by atoms with E-state index in [1.165, 1.54) is 6.07 Å². The van der Waals surface area contributed by atoms with Gasteiger partial charge in [0.1, 0.15) is 35.7 Å². The number of urea groups is 1. The Balaban J connectivity index is 1.65. The first-order valence-corrected chi connectivity index (χ1v) is 12.5. The van der Waals surface area contributed by atoms with E-state index < -0.39 is 68.2 Å². The Hall–Kier alpha value is -3.10. The average molecular weight is 549 g/mol. The molecule has 3 rings (SSSR count). The predicted octanol–water partition coefficient (Wildman–Crippen LogP) is -1.43. The first-order valence-electron chi connectivity index (χ1n) is 12.5. The number of rotatable bonds is 11. The average Bonchev–Trinajstić information content (AvgIpc) is 2.93. The number of aryl methyl sites for hydroxylation is 1. The van der Waals surface area contributed by atoms with Gasteiger partial charge < -0.3 is 51.1 Å². The van der Waals surface area contributed by atoms with E-state index in [4.69, 9.17) is 4.74 Å². The van der Waals surface area contributed by atoms with Gasteiger partial charge in [-0.3, -0.25) is 4.79 Å². The quantitative estimate of drug-likeness (QED) is 0.160. The molecule has 1 saturated heterocycles. The minimum atomic E-state index is -1.75. The van der Waals surface area contributed by atoms with Gasteiger partial charge in [0.15, 0.2) is 5.78 Å². The molecule has 9 N–H and O–H groups in total. The van der Waals surface area contributed by atoms with Crippen LogP contribution in [0.4, 0.5) is 4.79 Å². The second-order valence-corrected chi connectivity index (χ2v) is 9.79. The zero-order valence-electron chi connectivity index (χ0n) is 21.6. The summed E-state index contributed by atoms with van der Waals surface area (Å²) in [6.07, 6.45) is -4.88. The van der Waals surface area contributed by atoms with Gasteiger partial charge in [0.05, 0.1) is 26.4 Å². The Morgan fingerprint density at radius 1 is 1.00 bits per heavy atom. The Kier molecular flexibility index (Phi) is 10.4. The third-order valence-corrected chi connectivity index (χ3v) is 6.92. The normalized spacial score (nSPS) is 21.6. The highest BCUT2D eigenvalue weighted by molar-refractivity contribution is 5.90. The van der Waals surface area contributed by atoms with Gasteiger partial charge in [0, 0.05) is 12.1 Å². The lowest BCUT2D eigenvalue weighted by Gasteiger charge is -2.35. The third-order valence-electron chi connectivity index (χ3n) is 6.92. The number of carbonyl (C=O) groups is 2. The zero-order chi connectivity index (χ0) is 28.7. The second kappa shape index (κ2) is 13.3. The summed E-state index contributed by atoms with van der Waals surface area (Å²) in [7, 11) is 0. The van der Waals surface area contributed by atoms with Gasteiger partial charge in [-0.2, -0.15) is 0 Å². The fourth-order valence-corrected chi connectivity index (χ4v) is 4.30. The second-order valence-electron chi connectivity index (χ2n) is 9.79. The fourth-order valence-electron chi connectivity index (χ4n) is 4.30. The summed E-state index contributed by atoms with van der Waals surface area (Å²) in [6, 6.07) is 10.1. The number of hydrogen-bond acceptors (Lipinski definition) is 10. The van der Waals surface area contributed by atoms with Crippen LogP contribution in [-0.2, 0) is 22.4 Å². The maximum absolute atomic E-state index is 12.6. The summed E-state index contributed by atoms with van der Waals surface area (Å²) in [5.41, 5.74) is 2.06. The van der Waals surface area contributed by atoms with Crippen LogP contribution in [0.25, 0.3) is 0 Å². The number of aliphatic hydroxyl groups is 6. The van der Waals surface area contributed by atoms with Crippen LogP contribution in [0.1, 0.15) is 33.9 Å². The molecule has 214 valence electrons. The Labute approximate surface area is 225 Å². The molecule has 1 aliphatic heterocycles. The minimum Gasteiger partial charge on any atom is -0.508 e. The van der Waals surface area contributed by atoms with E-state index in [-0.39, 0.29) is 17.9 Å². The lowest BCUT2D eigenvalue weighted by atomic mass is 9.89. The number of Topliss-reactive ketones (excluding diaryl/α,β-unsaturated/α-hetero) is 1. The molecule has 0 radical (unpaired) electrons. The highest BCUT2D eigenvalue weighted by Crippen LogP contribution is 2.36. The lowest BCUT2D eigenvalue weighted by molar-refractivity contribution is -0.189. The summed E-state index contributed by atoms with van der Waals surface area (Å²) in [4.78, 5) is 24.6. The molecule has 1 aliphatic rings. The van der Waals surface area contributed by atoms with Gasteiger partial charge in [-0.15, -0.1) is 0 Å². The molecule has 0 unspecified atom stereocenters. The number of benzene rings is 2. The first-order chi connectivity index (χ1) is 18.6. The van der Waals surface area contributed by atoms with Crippen molar-refractivity contribution in [2.45, 2.75) is 49.7 Å². The molecule has 2 amide bonds. The van der Waals surface area contributed by atoms with E-state index >= 15 is 0 Å². The number of ketones is 1. The van der Waals surface area contributed by atoms with Crippen molar-refractivity contribution in [3.63, 3.8) is 0 Å². The largest absolute Gasteiger partial charge is 0.508 e. The van der Waals surface area contributed by atoms with Crippen molar-refractivity contribution in [2.24, 2.45) is 0 Å². The molecule has 0 bridgehead atoms. The van der Waals surface area contributed by atoms with Crippen LogP contribution in [0.15, 0.2) is 36.4 Å². The highest BCUT2D eigenvalue weighted by Gasteiger charge is 2.44. The van der Waals surface area contributed by atoms with Crippen LogP contribution in [0.2, 0.25) is 0 Å². The van der Waals surface area contributed by atoms with Crippen molar-refractivity contribution >= 4 is 11.8 Å². The standard InChI is InChI=1S/C27H36N2O10/c1-15-8-20(34)19(25-24(37)23(36)22(35)21(11-30)39-25)10-18(15)9-17-4-2-16(3-5-17)6-7-28-26(38)29-27(12-31,13-32)14-33/h2-5,8,10,21-23,25,30-36H,6-7,9,11-14H2,1H3,(H2,28,29,38)/t21-,22-,23+,25+/m1/s1. The number of phenolic OH excluding ortho intramolecular Hbond substituents is 1. The van der Waals surface area contributed by atoms with Crippen molar-refractivity contribution in [3.8, 4) is 5.75 Å². The van der Waals surface area contributed by atoms with E-state index in [1.807, 2.05) is 31.2 Å². The minimum absolute atomic E-state index is 0.138.